The van der Waals surface area contributed by atoms with Crippen LogP contribution in [0.15, 0.2) is 39.9 Å². The van der Waals surface area contributed by atoms with Crippen molar-refractivity contribution in [1.82, 2.24) is 10.2 Å². The Morgan fingerprint density at radius 3 is 2.62 bits per heavy atom. The summed E-state index contributed by atoms with van der Waals surface area (Å²) < 4.78 is 0.793. The standard InChI is InChI=1S/C25H31BrN4O4/c1-3-30(4-2)24(13-21(27)31,12-18-17-11-16(26)9-10-20(17)29-22(18)32)25(23(33)34)19-8-6-5-7-15(19)14-28-25/h9-12,28H,3-8,13-14H2,1-2H3,(H2,27,31)(H,29,32)(H,33,34). The Balaban J connectivity index is 2.06. The zero-order chi connectivity index (χ0) is 24.7. The highest BCUT2D eigenvalue weighted by atomic mass is 79.9. The number of carboxylic acid groups (broad SMARTS) is 1. The summed E-state index contributed by atoms with van der Waals surface area (Å²) in [6.07, 6.45) is 4.81. The maximum absolute atomic E-state index is 13.3. The third kappa shape index (κ3) is 3.70. The molecule has 5 N–H and O–H groups in total. The molecule has 0 spiro atoms. The molecule has 2 heterocycles. The number of anilines is 1. The van der Waals surface area contributed by atoms with E-state index < -0.39 is 23.0 Å². The molecular formula is C25H31BrN4O4. The summed E-state index contributed by atoms with van der Waals surface area (Å²) in [4.78, 5) is 41.0. The lowest BCUT2D eigenvalue weighted by Gasteiger charge is -2.52. The third-order valence-electron chi connectivity index (χ3n) is 7.49. The number of halogens is 1. The van der Waals surface area contributed by atoms with E-state index in [4.69, 9.17) is 5.73 Å². The monoisotopic (exact) mass is 530 g/mol. The first kappa shape index (κ1) is 24.6. The highest BCUT2D eigenvalue weighted by Gasteiger charge is 2.63. The molecule has 1 aliphatic carbocycles. The molecule has 2 atom stereocenters. The first-order chi connectivity index (χ1) is 16.2. The first-order valence-electron chi connectivity index (χ1n) is 11.8. The molecule has 0 radical (unpaired) electrons. The number of carbonyl (C=O) groups is 3. The number of nitrogens with two attached hydrogens (primary N) is 1. The Morgan fingerprint density at radius 2 is 1.97 bits per heavy atom. The van der Waals surface area contributed by atoms with Crippen LogP contribution < -0.4 is 16.4 Å². The molecular weight excluding hydrogens is 500 g/mol. The fraction of sp³-hybridized carbons (Fsp3) is 0.480. The molecule has 2 amide bonds. The van der Waals surface area contributed by atoms with E-state index >= 15 is 0 Å². The van der Waals surface area contributed by atoms with Crippen LogP contribution >= 0.6 is 15.9 Å². The molecule has 1 aromatic carbocycles. The molecule has 0 aromatic heterocycles. The number of hydrogen-bond donors (Lipinski definition) is 4. The minimum absolute atomic E-state index is 0.245. The fourth-order valence-corrected chi connectivity index (χ4v) is 6.45. The van der Waals surface area contributed by atoms with E-state index in [1.165, 1.54) is 0 Å². The van der Waals surface area contributed by atoms with Crippen LogP contribution in [0, 0.1) is 0 Å². The lowest BCUT2D eigenvalue weighted by Crippen LogP contribution is -2.73. The van der Waals surface area contributed by atoms with Gasteiger partial charge in [0, 0.05) is 27.8 Å². The van der Waals surface area contributed by atoms with Gasteiger partial charge in [-0.25, -0.2) is 4.79 Å². The van der Waals surface area contributed by atoms with E-state index in [0.717, 1.165) is 34.9 Å². The van der Waals surface area contributed by atoms with E-state index in [2.05, 4.69) is 26.6 Å². The predicted octanol–water partition coefficient (Wildman–Crippen LogP) is 3.04. The zero-order valence-electron chi connectivity index (χ0n) is 19.5. The minimum atomic E-state index is -1.58. The molecule has 1 aromatic rings. The summed E-state index contributed by atoms with van der Waals surface area (Å²) >= 11 is 3.47. The van der Waals surface area contributed by atoms with Gasteiger partial charge in [0.2, 0.25) is 5.91 Å². The summed E-state index contributed by atoms with van der Waals surface area (Å²) in [7, 11) is 0. The van der Waals surface area contributed by atoms with Crippen molar-refractivity contribution < 1.29 is 19.5 Å². The number of benzene rings is 1. The molecule has 2 unspecified atom stereocenters. The Bertz CT molecular complexity index is 1110. The topological polar surface area (TPSA) is 125 Å². The van der Waals surface area contributed by atoms with Crippen molar-refractivity contribution >= 4 is 45.0 Å². The van der Waals surface area contributed by atoms with Crippen molar-refractivity contribution in [2.45, 2.75) is 57.0 Å². The lowest BCUT2D eigenvalue weighted by molar-refractivity contribution is -0.149. The van der Waals surface area contributed by atoms with Crippen LogP contribution in [-0.2, 0) is 14.4 Å². The zero-order valence-corrected chi connectivity index (χ0v) is 21.1. The number of carbonyl (C=O) groups excluding carboxylic acids is 2. The number of nitrogens with zero attached hydrogens (tertiary/aromatic N) is 1. The Labute approximate surface area is 207 Å². The van der Waals surface area contributed by atoms with Gasteiger partial charge in [0.1, 0.15) is 0 Å². The van der Waals surface area contributed by atoms with E-state index in [9.17, 15) is 19.5 Å². The normalized spacial score (nSPS) is 24.7. The van der Waals surface area contributed by atoms with Gasteiger partial charge in [-0.3, -0.25) is 19.8 Å². The summed E-state index contributed by atoms with van der Waals surface area (Å²) in [5.41, 5.74) is 6.41. The van der Waals surface area contributed by atoms with Crippen LogP contribution in [0.2, 0.25) is 0 Å². The Hall–Kier alpha value is -2.49. The van der Waals surface area contributed by atoms with Crippen LogP contribution in [0.3, 0.4) is 0 Å². The van der Waals surface area contributed by atoms with Gasteiger partial charge in [-0.15, -0.1) is 0 Å². The van der Waals surface area contributed by atoms with Crippen molar-refractivity contribution in [1.29, 1.82) is 0 Å². The predicted molar refractivity (Wildman–Crippen MR) is 134 cm³/mol. The van der Waals surface area contributed by atoms with E-state index in [1.807, 2.05) is 30.9 Å². The molecule has 0 saturated carbocycles. The van der Waals surface area contributed by atoms with Gasteiger partial charge in [0.05, 0.1) is 12.0 Å². The number of amides is 2. The lowest BCUT2D eigenvalue weighted by atomic mass is 9.65. The van der Waals surface area contributed by atoms with Crippen LogP contribution in [-0.4, -0.2) is 58.5 Å². The van der Waals surface area contributed by atoms with Gasteiger partial charge in [0.25, 0.3) is 5.91 Å². The van der Waals surface area contributed by atoms with Crippen molar-refractivity contribution in [2.75, 3.05) is 25.0 Å². The number of aliphatic carboxylic acids is 1. The molecule has 182 valence electrons. The Kier molecular flexibility index (Phi) is 6.72. The van der Waals surface area contributed by atoms with Crippen LogP contribution in [0.5, 0.6) is 0 Å². The summed E-state index contributed by atoms with van der Waals surface area (Å²) in [5, 5.41) is 17.1. The number of carboxylic acids is 1. The number of rotatable bonds is 8. The first-order valence-corrected chi connectivity index (χ1v) is 12.6. The number of hydrogen-bond acceptors (Lipinski definition) is 5. The smallest absolute Gasteiger partial charge is 0.330 e. The second-order valence-corrected chi connectivity index (χ2v) is 10.1. The SMILES string of the molecule is CCN(CC)C(C=C1C(=O)Nc2ccc(Br)cc21)(CC(N)=O)C1(C(=O)O)NCC2=C1CCCC2. The van der Waals surface area contributed by atoms with Crippen LogP contribution in [0.25, 0.3) is 5.57 Å². The van der Waals surface area contributed by atoms with Gasteiger partial charge < -0.3 is 16.2 Å². The van der Waals surface area contributed by atoms with E-state index in [0.29, 0.717) is 42.9 Å². The third-order valence-corrected chi connectivity index (χ3v) is 7.98. The van der Waals surface area contributed by atoms with Gasteiger partial charge in [-0.1, -0.05) is 35.4 Å². The van der Waals surface area contributed by atoms with Crippen molar-refractivity contribution in [3.05, 3.63) is 45.5 Å². The van der Waals surface area contributed by atoms with E-state index in [-0.39, 0.29) is 12.3 Å². The fourth-order valence-electron chi connectivity index (χ4n) is 6.09. The molecule has 8 nitrogen and oxygen atoms in total. The average Bonchev–Trinajstić information content (AvgIpc) is 3.33. The molecule has 0 fully saturated rings. The van der Waals surface area contributed by atoms with Crippen LogP contribution in [0.4, 0.5) is 5.69 Å². The molecule has 34 heavy (non-hydrogen) atoms. The van der Waals surface area contributed by atoms with Gasteiger partial charge in [0.15, 0.2) is 5.54 Å². The van der Waals surface area contributed by atoms with Gasteiger partial charge in [-0.05, 0) is 68.6 Å². The second-order valence-electron chi connectivity index (χ2n) is 9.14. The minimum Gasteiger partial charge on any atom is -0.480 e. The number of nitrogens with one attached hydrogen (secondary N) is 2. The van der Waals surface area contributed by atoms with E-state index in [1.54, 1.807) is 12.1 Å². The van der Waals surface area contributed by atoms with Gasteiger partial charge in [-0.2, -0.15) is 0 Å². The van der Waals surface area contributed by atoms with Crippen molar-refractivity contribution in [3.63, 3.8) is 0 Å². The molecule has 3 aliphatic rings. The molecule has 0 saturated heterocycles. The maximum Gasteiger partial charge on any atom is 0.330 e. The van der Waals surface area contributed by atoms with Crippen molar-refractivity contribution in [2.24, 2.45) is 5.73 Å². The second kappa shape index (κ2) is 9.28. The summed E-state index contributed by atoms with van der Waals surface area (Å²) in [6.45, 7) is 5.25. The van der Waals surface area contributed by atoms with Crippen molar-refractivity contribution in [3.8, 4) is 0 Å². The van der Waals surface area contributed by atoms with Crippen LogP contribution in [0.1, 0.15) is 51.5 Å². The maximum atomic E-state index is 13.3. The Morgan fingerprint density at radius 1 is 1.26 bits per heavy atom. The number of likely N-dealkylation sites (N-methyl/N-ethyl adjacent to an activating group) is 1. The largest absolute Gasteiger partial charge is 0.480 e. The van der Waals surface area contributed by atoms with Gasteiger partial charge >= 0.3 is 5.97 Å². The summed E-state index contributed by atoms with van der Waals surface area (Å²) in [5.74, 6) is -2.01. The number of fused-ring (bicyclic) bond motifs is 1. The molecule has 9 heteroatoms. The quantitative estimate of drug-likeness (QED) is 0.302. The highest BCUT2D eigenvalue weighted by molar-refractivity contribution is 9.10. The molecule has 2 aliphatic heterocycles. The summed E-state index contributed by atoms with van der Waals surface area (Å²) in [6, 6.07) is 5.46. The molecule has 0 bridgehead atoms. The average molecular weight is 531 g/mol. The number of primary amides is 1. The highest BCUT2D eigenvalue weighted by Crippen LogP contribution is 2.49. The molecule has 4 rings (SSSR count).